The average Bonchev–Trinajstić information content (AvgIpc) is 2.54. The van der Waals surface area contributed by atoms with Crippen LogP contribution in [0.5, 0.6) is 0 Å². The van der Waals surface area contributed by atoms with Gasteiger partial charge in [-0.3, -0.25) is 0 Å². The van der Waals surface area contributed by atoms with Crippen molar-refractivity contribution in [2.75, 3.05) is 38.1 Å². The van der Waals surface area contributed by atoms with E-state index in [1.807, 2.05) is 13.1 Å². The van der Waals surface area contributed by atoms with Gasteiger partial charge in [-0.15, -0.1) is 0 Å². The molecule has 4 heteroatoms. The summed E-state index contributed by atoms with van der Waals surface area (Å²) in [6, 6.07) is 4.23. The van der Waals surface area contributed by atoms with Crippen LogP contribution in [0.3, 0.4) is 0 Å². The Labute approximate surface area is 103 Å². The highest BCUT2D eigenvalue weighted by atomic mass is 15.2. The number of pyridine rings is 1. The summed E-state index contributed by atoms with van der Waals surface area (Å²) in [5.41, 5.74) is 6.92. The molecule has 0 spiro atoms. The first-order chi connectivity index (χ1) is 8.16. The molecule has 2 rings (SSSR count). The second kappa shape index (κ2) is 5.47. The van der Waals surface area contributed by atoms with Crippen molar-refractivity contribution < 1.29 is 0 Å². The molecule has 1 aliphatic rings. The first kappa shape index (κ1) is 12.3. The predicted octanol–water partition coefficient (Wildman–Crippen LogP) is 1.24. The van der Waals surface area contributed by atoms with Crippen LogP contribution in [0.25, 0.3) is 0 Å². The van der Waals surface area contributed by atoms with Crippen LogP contribution in [0.1, 0.15) is 24.9 Å². The van der Waals surface area contributed by atoms with E-state index in [9.17, 15) is 0 Å². The maximum absolute atomic E-state index is 5.83. The van der Waals surface area contributed by atoms with E-state index in [0.29, 0.717) is 0 Å². The van der Waals surface area contributed by atoms with E-state index < -0.39 is 0 Å². The molecule has 94 valence electrons. The Bertz CT molecular complexity index is 347. The van der Waals surface area contributed by atoms with Gasteiger partial charge in [0.05, 0.1) is 0 Å². The van der Waals surface area contributed by atoms with Crippen molar-refractivity contribution in [3.8, 4) is 0 Å². The van der Waals surface area contributed by atoms with E-state index in [2.05, 4.69) is 34.0 Å². The normalized spacial score (nSPS) is 20.1. The molecule has 4 nitrogen and oxygen atoms in total. The van der Waals surface area contributed by atoms with Crippen molar-refractivity contribution in [2.24, 2.45) is 5.73 Å². The highest BCUT2D eigenvalue weighted by Gasteiger charge is 2.13. The van der Waals surface area contributed by atoms with E-state index in [-0.39, 0.29) is 6.04 Å². The van der Waals surface area contributed by atoms with E-state index in [0.717, 1.165) is 31.0 Å². The molecule has 2 N–H and O–H groups in total. The van der Waals surface area contributed by atoms with Gasteiger partial charge in [-0.05, 0) is 38.6 Å². The fourth-order valence-electron chi connectivity index (χ4n) is 2.13. The van der Waals surface area contributed by atoms with Crippen LogP contribution < -0.4 is 10.6 Å². The number of aromatic nitrogens is 1. The summed E-state index contributed by atoms with van der Waals surface area (Å²) in [6.07, 6.45) is 3.10. The number of anilines is 1. The van der Waals surface area contributed by atoms with Crippen molar-refractivity contribution in [3.63, 3.8) is 0 Å². The second-order valence-electron chi connectivity index (χ2n) is 4.88. The topological polar surface area (TPSA) is 45.4 Å². The Morgan fingerprint density at radius 1 is 1.24 bits per heavy atom. The maximum Gasteiger partial charge on any atom is 0.128 e. The van der Waals surface area contributed by atoms with Gasteiger partial charge >= 0.3 is 0 Å². The van der Waals surface area contributed by atoms with Gasteiger partial charge < -0.3 is 15.5 Å². The Kier molecular flexibility index (Phi) is 3.97. The van der Waals surface area contributed by atoms with Gasteiger partial charge in [0, 0.05) is 31.9 Å². The standard InChI is InChI=1S/C13H22N4/c1-11(14)12-4-5-13(15-10-12)17-7-3-6-16(2)8-9-17/h4-5,10-11H,3,6-9,14H2,1-2H3/t11-/m0/s1. The minimum atomic E-state index is 0.0619. The van der Waals surface area contributed by atoms with Crippen LogP contribution in [0, 0.1) is 0 Å². The molecular weight excluding hydrogens is 212 g/mol. The van der Waals surface area contributed by atoms with Gasteiger partial charge in [-0.2, -0.15) is 0 Å². The molecule has 0 radical (unpaired) electrons. The van der Waals surface area contributed by atoms with E-state index >= 15 is 0 Å². The number of nitrogens with two attached hydrogens (primary N) is 1. The molecule has 1 fully saturated rings. The Balaban J connectivity index is 2.06. The summed E-state index contributed by atoms with van der Waals surface area (Å²) in [5.74, 6) is 1.07. The van der Waals surface area contributed by atoms with Crippen LogP contribution in [-0.4, -0.2) is 43.1 Å². The molecule has 1 aromatic heterocycles. The molecule has 0 aromatic carbocycles. The molecule has 1 aliphatic heterocycles. The molecule has 17 heavy (non-hydrogen) atoms. The number of hydrogen-bond acceptors (Lipinski definition) is 4. The Morgan fingerprint density at radius 3 is 2.71 bits per heavy atom. The van der Waals surface area contributed by atoms with Crippen LogP contribution >= 0.6 is 0 Å². The predicted molar refractivity (Wildman–Crippen MR) is 71.2 cm³/mol. The highest BCUT2D eigenvalue weighted by molar-refractivity contribution is 5.40. The zero-order valence-electron chi connectivity index (χ0n) is 10.8. The fraction of sp³-hybridized carbons (Fsp3) is 0.615. The average molecular weight is 234 g/mol. The monoisotopic (exact) mass is 234 g/mol. The third-order valence-electron chi connectivity index (χ3n) is 3.34. The van der Waals surface area contributed by atoms with Gasteiger partial charge in [0.15, 0.2) is 0 Å². The largest absolute Gasteiger partial charge is 0.355 e. The molecule has 0 aliphatic carbocycles. The number of nitrogens with zero attached hydrogens (tertiary/aromatic N) is 3. The highest BCUT2D eigenvalue weighted by Crippen LogP contribution is 2.16. The zero-order valence-corrected chi connectivity index (χ0v) is 10.8. The minimum absolute atomic E-state index is 0.0619. The van der Waals surface area contributed by atoms with Gasteiger partial charge in [-0.1, -0.05) is 6.07 Å². The summed E-state index contributed by atoms with van der Waals surface area (Å²) in [7, 11) is 2.18. The summed E-state index contributed by atoms with van der Waals surface area (Å²) >= 11 is 0. The molecule has 1 atom stereocenters. The molecule has 0 unspecified atom stereocenters. The van der Waals surface area contributed by atoms with Crippen LogP contribution in [0.4, 0.5) is 5.82 Å². The molecule has 0 bridgehead atoms. The zero-order chi connectivity index (χ0) is 12.3. The molecule has 0 amide bonds. The first-order valence-electron chi connectivity index (χ1n) is 6.32. The smallest absolute Gasteiger partial charge is 0.128 e. The number of hydrogen-bond donors (Lipinski definition) is 1. The summed E-state index contributed by atoms with van der Waals surface area (Å²) < 4.78 is 0. The van der Waals surface area contributed by atoms with Gasteiger partial charge in [0.2, 0.25) is 0 Å². The lowest BCUT2D eigenvalue weighted by atomic mass is 10.1. The van der Waals surface area contributed by atoms with Gasteiger partial charge in [0.1, 0.15) is 5.82 Å². The molecule has 2 heterocycles. The summed E-state index contributed by atoms with van der Waals surface area (Å²) in [6.45, 7) is 6.42. The molecular formula is C13H22N4. The van der Waals surface area contributed by atoms with Crippen LogP contribution in [0.15, 0.2) is 18.3 Å². The lowest BCUT2D eigenvalue weighted by Gasteiger charge is -2.21. The van der Waals surface area contributed by atoms with Crippen molar-refractivity contribution in [1.29, 1.82) is 0 Å². The minimum Gasteiger partial charge on any atom is -0.355 e. The third-order valence-corrected chi connectivity index (χ3v) is 3.34. The fourth-order valence-corrected chi connectivity index (χ4v) is 2.13. The van der Waals surface area contributed by atoms with Crippen molar-refractivity contribution >= 4 is 5.82 Å². The number of likely N-dealkylation sites (N-methyl/N-ethyl adjacent to an activating group) is 1. The van der Waals surface area contributed by atoms with E-state index in [4.69, 9.17) is 5.73 Å². The van der Waals surface area contributed by atoms with Crippen molar-refractivity contribution in [3.05, 3.63) is 23.9 Å². The van der Waals surface area contributed by atoms with Gasteiger partial charge in [0.25, 0.3) is 0 Å². The molecule has 1 aromatic rings. The lowest BCUT2D eigenvalue weighted by molar-refractivity contribution is 0.360. The van der Waals surface area contributed by atoms with Crippen molar-refractivity contribution in [1.82, 2.24) is 9.88 Å². The number of rotatable bonds is 2. The van der Waals surface area contributed by atoms with E-state index in [1.54, 1.807) is 0 Å². The van der Waals surface area contributed by atoms with Crippen LogP contribution in [0.2, 0.25) is 0 Å². The second-order valence-corrected chi connectivity index (χ2v) is 4.88. The lowest BCUT2D eigenvalue weighted by Crippen LogP contribution is -2.29. The quantitative estimate of drug-likeness (QED) is 0.836. The Hall–Kier alpha value is -1.13. The third kappa shape index (κ3) is 3.17. The molecule has 0 saturated carbocycles. The van der Waals surface area contributed by atoms with Crippen molar-refractivity contribution in [2.45, 2.75) is 19.4 Å². The maximum atomic E-state index is 5.83. The summed E-state index contributed by atoms with van der Waals surface area (Å²) in [5, 5.41) is 0. The SMILES string of the molecule is C[C@H](N)c1ccc(N2CCCN(C)CC2)nc1. The molecule has 1 saturated heterocycles. The summed E-state index contributed by atoms with van der Waals surface area (Å²) in [4.78, 5) is 9.24. The van der Waals surface area contributed by atoms with E-state index in [1.165, 1.54) is 13.0 Å². The van der Waals surface area contributed by atoms with Crippen LogP contribution in [-0.2, 0) is 0 Å². The first-order valence-corrected chi connectivity index (χ1v) is 6.32. The Morgan fingerprint density at radius 2 is 2.06 bits per heavy atom. The van der Waals surface area contributed by atoms with Gasteiger partial charge in [-0.25, -0.2) is 4.98 Å².